The number of halogens is 1. The minimum Gasteiger partial charge on any atom is -0.377 e. The highest BCUT2D eigenvalue weighted by molar-refractivity contribution is 9.10. The van der Waals surface area contributed by atoms with Gasteiger partial charge in [-0.1, -0.05) is 34.1 Å². The van der Waals surface area contributed by atoms with Crippen molar-refractivity contribution in [3.05, 3.63) is 34.3 Å². The third-order valence-corrected chi connectivity index (χ3v) is 5.03. The van der Waals surface area contributed by atoms with Crippen LogP contribution in [-0.2, 0) is 4.74 Å². The molecule has 1 saturated heterocycles. The van der Waals surface area contributed by atoms with E-state index in [0.717, 1.165) is 18.9 Å². The molecule has 2 unspecified atom stereocenters. The number of benzene rings is 1. The zero-order chi connectivity index (χ0) is 12.5. The number of hydrogen-bond donors (Lipinski definition) is 1. The maximum absolute atomic E-state index is 5.60. The fourth-order valence-electron chi connectivity index (χ4n) is 3.07. The Kier molecular flexibility index (Phi) is 3.73. The molecule has 18 heavy (non-hydrogen) atoms. The molecule has 0 aromatic heterocycles. The van der Waals surface area contributed by atoms with Crippen LogP contribution in [0, 0.1) is 0 Å². The second kappa shape index (κ2) is 5.32. The fourth-order valence-corrected chi connectivity index (χ4v) is 3.68. The van der Waals surface area contributed by atoms with E-state index in [-0.39, 0.29) is 0 Å². The summed E-state index contributed by atoms with van der Waals surface area (Å²) in [5.41, 5.74) is 1.46. The molecule has 1 heterocycles. The van der Waals surface area contributed by atoms with E-state index in [0.29, 0.717) is 18.2 Å². The first-order valence-electron chi connectivity index (χ1n) is 6.86. The Bertz CT molecular complexity index is 417. The number of nitrogens with one attached hydrogen (secondary N) is 1. The summed E-state index contributed by atoms with van der Waals surface area (Å²) in [6.45, 7) is 3.09. The van der Waals surface area contributed by atoms with Crippen molar-refractivity contribution in [1.82, 2.24) is 5.32 Å². The Balaban J connectivity index is 1.53. The first-order chi connectivity index (χ1) is 8.74. The summed E-state index contributed by atoms with van der Waals surface area (Å²) in [6.07, 6.45) is 4.06. The van der Waals surface area contributed by atoms with Crippen molar-refractivity contribution in [2.24, 2.45) is 0 Å². The second-order valence-corrected chi connectivity index (χ2v) is 6.38. The maximum Gasteiger partial charge on any atom is 0.0700 e. The van der Waals surface area contributed by atoms with Crippen molar-refractivity contribution in [2.75, 3.05) is 6.61 Å². The van der Waals surface area contributed by atoms with Crippen LogP contribution < -0.4 is 5.32 Å². The SMILES string of the molecule is CC1OCCC1NC1CC(c2ccccc2Br)C1. The smallest absolute Gasteiger partial charge is 0.0700 e. The molecule has 2 aliphatic rings. The third kappa shape index (κ3) is 2.49. The van der Waals surface area contributed by atoms with Crippen molar-refractivity contribution < 1.29 is 4.74 Å². The van der Waals surface area contributed by atoms with Gasteiger partial charge in [0.15, 0.2) is 0 Å². The van der Waals surface area contributed by atoms with Crippen LogP contribution in [0.2, 0.25) is 0 Å². The topological polar surface area (TPSA) is 21.3 Å². The first-order valence-corrected chi connectivity index (χ1v) is 7.65. The van der Waals surface area contributed by atoms with Gasteiger partial charge >= 0.3 is 0 Å². The Morgan fingerprint density at radius 3 is 2.72 bits per heavy atom. The lowest BCUT2D eigenvalue weighted by Gasteiger charge is -2.39. The van der Waals surface area contributed by atoms with Gasteiger partial charge in [0.1, 0.15) is 0 Å². The molecule has 3 rings (SSSR count). The lowest BCUT2D eigenvalue weighted by atomic mass is 9.75. The molecule has 0 bridgehead atoms. The zero-order valence-corrected chi connectivity index (χ0v) is 12.3. The molecule has 2 atom stereocenters. The normalized spacial score (nSPS) is 35.4. The minimum atomic E-state index is 0.382. The van der Waals surface area contributed by atoms with Gasteiger partial charge in [-0.3, -0.25) is 0 Å². The number of hydrogen-bond acceptors (Lipinski definition) is 2. The molecule has 1 aromatic carbocycles. The van der Waals surface area contributed by atoms with E-state index in [9.17, 15) is 0 Å². The van der Waals surface area contributed by atoms with E-state index < -0.39 is 0 Å². The molecule has 98 valence electrons. The highest BCUT2D eigenvalue weighted by atomic mass is 79.9. The van der Waals surface area contributed by atoms with Crippen LogP contribution in [0.1, 0.15) is 37.7 Å². The van der Waals surface area contributed by atoms with Gasteiger partial charge in [0.2, 0.25) is 0 Å². The lowest BCUT2D eigenvalue weighted by Crippen LogP contribution is -2.47. The van der Waals surface area contributed by atoms with Crippen molar-refractivity contribution in [1.29, 1.82) is 0 Å². The van der Waals surface area contributed by atoms with Crippen molar-refractivity contribution in [3.63, 3.8) is 0 Å². The molecule has 0 amide bonds. The molecular weight excluding hydrogens is 290 g/mol. The first kappa shape index (κ1) is 12.6. The van der Waals surface area contributed by atoms with Gasteiger partial charge in [0, 0.05) is 23.2 Å². The molecule has 3 heteroatoms. The Hall–Kier alpha value is -0.380. The highest BCUT2D eigenvalue weighted by Gasteiger charge is 2.35. The van der Waals surface area contributed by atoms with Crippen molar-refractivity contribution in [2.45, 2.75) is 50.3 Å². The van der Waals surface area contributed by atoms with Gasteiger partial charge in [-0.2, -0.15) is 0 Å². The van der Waals surface area contributed by atoms with Crippen LogP contribution in [0.5, 0.6) is 0 Å². The van der Waals surface area contributed by atoms with E-state index in [4.69, 9.17) is 4.74 Å². The lowest BCUT2D eigenvalue weighted by molar-refractivity contribution is 0.106. The summed E-state index contributed by atoms with van der Waals surface area (Å²) in [7, 11) is 0. The average molecular weight is 310 g/mol. The van der Waals surface area contributed by atoms with E-state index >= 15 is 0 Å². The van der Waals surface area contributed by atoms with Gasteiger partial charge < -0.3 is 10.1 Å². The number of ether oxygens (including phenoxy) is 1. The van der Waals surface area contributed by atoms with Crippen LogP contribution >= 0.6 is 15.9 Å². The minimum absolute atomic E-state index is 0.382. The van der Waals surface area contributed by atoms with E-state index in [1.807, 2.05) is 0 Å². The largest absolute Gasteiger partial charge is 0.377 e. The Morgan fingerprint density at radius 1 is 1.28 bits per heavy atom. The van der Waals surface area contributed by atoms with Crippen LogP contribution in [0.4, 0.5) is 0 Å². The molecule has 2 fully saturated rings. The van der Waals surface area contributed by atoms with Crippen molar-refractivity contribution in [3.8, 4) is 0 Å². The van der Waals surface area contributed by atoms with Gasteiger partial charge in [-0.15, -0.1) is 0 Å². The Morgan fingerprint density at radius 2 is 2.06 bits per heavy atom. The quantitative estimate of drug-likeness (QED) is 0.923. The summed E-state index contributed by atoms with van der Waals surface area (Å²) < 4.78 is 6.85. The van der Waals surface area contributed by atoms with E-state index in [1.54, 1.807) is 0 Å². The van der Waals surface area contributed by atoms with Gasteiger partial charge in [-0.25, -0.2) is 0 Å². The van der Waals surface area contributed by atoms with E-state index in [2.05, 4.69) is 52.4 Å². The van der Waals surface area contributed by atoms with Crippen LogP contribution in [0.3, 0.4) is 0 Å². The van der Waals surface area contributed by atoms with Gasteiger partial charge in [0.05, 0.1) is 6.10 Å². The van der Waals surface area contributed by atoms with Gasteiger partial charge in [-0.05, 0) is 43.7 Å². The monoisotopic (exact) mass is 309 g/mol. The maximum atomic E-state index is 5.60. The summed E-state index contributed by atoms with van der Waals surface area (Å²) in [4.78, 5) is 0. The van der Waals surface area contributed by atoms with E-state index in [1.165, 1.54) is 22.9 Å². The molecule has 0 spiro atoms. The molecule has 1 aromatic rings. The van der Waals surface area contributed by atoms with Crippen molar-refractivity contribution >= 4 is 15.9 Å². The predicted octanol–water partition coefficient (Wildman–Crippen LogP) is 3.46. The molecular formula is C15H20BrNO. The Labute approximate surface area is 117 Å². The molecule has 1 aliphatic heterocycles. The zero-order valence-electron chi connectivity index (χ0n) is 10.7. The number of rotatable bonds is 3. The van der Waals surface area contributed by atoms with Crippen LogP contribution in [-0.4, -0.2) is 24.8 Å². The summed E-state index contributed by atoms with van der Waals surface area (Å²) in [5, 5.41) is 3.74. The van der Waals surface area contributed by atoms with Crippen LogP contribution in [0.15, 0.2) is 28.7 Å². The van der Waals surface area contributed by atoms with Gasteiger partial charge in [0.25, 0.3) is 0 Å². The predicted molar refractivity (Wildman–Crippen MR) is 76.9 cm³/mol. The highest BCUT2D eigenvalue weighted by Crippen LogP contribution is 2.40. The third-order valence-electron chi connectivity index (χ3n) is 4.31. The van der Waals surface area contributed by atoms with Crippen LogP contribution in [0.25, 0.3) is 0 Å². The summed E-state index contributed by atoms with van der Waals surface area (Å²) in [6, 6.07) is 9.84. The molecule has 1 aliphatic carbocycles. The standard InChI is InChI=1S/C15H20BrNO/c1-10-15(6-7-18-10)17-12-8-11(9-12)13-4-2-3-5-14(13)16/h2-5,10-12,15,17H,6-9H2,1H3. The molecule has 0 radical (unpaired) electrons. The fraction of sp³-hybridized carbons (Fsp3) is 0.600. The summed E-state index contributed by atoms with van der Waals surface area (Å²) >= 11 is 3.65. The second-order valence-electron chi connectivity index (χ2n) is 5.52. The molecule has 2 nitrogen and oxygen atoms in total. The summed E-state index contributed by atoms with van der Waals surface area (Å²) in [5.74, 6) is 0.718. The molecule has 1 N–H and O–H groups in total. The molecule has 1 saturated carbocycles. The average Bonchev–Trinajstić information content (AvgIpc) is 2.70.